The third-order valence-electron chi connectivity index (χ3n) is 2.88. The smallest absolute Gasteiger partial charge is 0.119 e. The van der Waals surface area contributed by atoms with Crippen molar-refractivity contribution in [2.75, 3.05) is 13.3 Å². The van der Waals surface area contributed by atoms with Gasteiger partial charge >= 0.3 is 0 Å². The quantitative estimate of drug-likeness (QED) is 0.811. The Bertz CT molecular complexity index is 519. The molecular formula is C15H19NOS2. The summed E-state index contributed by atoms with van der Waals surface area (Å²) in [4.78, 5) is 3.96. The molecule has 0 amide bonds. The highest BCUT2D eigenvalue weighted by Gasteiger charge is 2.06. The topological polar surface area (TPSA) is 21.3 Å². The maximum Gasteiger partial charge on any atom is 0.119 e. The van der Waals surface area contributed by atoms with Crippen molar-refractivity contribution in [3.05, 3.63) is 45.6 Å². The Hall–Kier alpha value is -0.970. The summed E-state index contributed by atoms with van der Waals surface area (Å²) in [5, 5.41) is 3.18. The molecule has 0 radical (unpaired) electrons. The van der Waals surface area contributed by atoms with Crippen LogP contribution in [0.2, 0.25) is 0 Å². The van der Waals surface area contributed by atoms with E-state index in [9.17, 15) is 0 Å². The minimum Gasteiger partial charge on any atom is -0.489 e. The number of hydrogen-bond donors (Lipinski definition) is 1. The fourth-order valence-electron chi connectivity index (χ4n) is 1.83. The van der Waals surface area contributed by atoms with Crippen LogP contribution in [-0.2, 0) is 13.2 Å². The lowest BCUT2D eigenvalue weighted by Gasteiger charge is -2.06. The van der Waals surface area contributed by atoms with Gasteiger partial charge in [-0.05, 0) is 50.6 Å². The Morgan fingerprint density at radius 3 is 2.63 bits per heavy atom. The first-order valence-corrected chi connectivity index (χ1v) is 8.26. The van der Waals surface area contributed by atoms with Crippen LogP contribution in [0.25, 0.3) is 0 Å². The van der Waals surface area contributed by atoms with Gasteiger partial charge in [-0.15, -0.1) is 23.1 Å². The van der Waals surface area contributed by atoms with E-state index in [1.807, 2.05) is 30.5 Å². The predicted molar refractivity (Wildman–Crippen MR) is 84.4 cm³/mol. The molecular weight excluding hydrogens is 274 g/mol. The van der Waals surface area contributed by atoms with Crippen molar-refractivity contribution in [2.45, 2.75) is 25.0 Å². The van der Waals surface area contributed by atoms with Crippen LogP contribution in [0, 0.1) is 6.92 Å². The van der Waals surface area contributed by atoms with Crippen molar-refractivity contribution in [1.29, 1.82) is 0 Å². The number of thioether (sulfide) groups is 1. The molecule has 0 fully saturated rings. The molecule has 1 aromatic carbocycles. The standard InChI is InChI=1S/C15H19NOS2/c1-11-12(8-15(19-11)9-16-2)10-17-13-4-6-14(18-3)7-5-13/h4-8,16H,9-10H2,1-3H3. The Kier molecular flexibility index (Phi) is 5.31. The van der Waals surface area contributed by atoms with Crippen LogP contribution in [0.4, 0.5) is 0 Å². The Balaban J connectivity index is 1.97. The first-order valence-electron chi connectivity index (χ1n) is 6.22. The summed E-state index contributed by atoms with van der Waals surface area (Å²) in [5.41, 5.74) is 1.28. The highest BCUT2D eigenvalue weighted by molar-refractivity contribution is 7.98. The van der Waals surface area contributed by atoms with Gasteiger partial charge in [0, 0.05) is 26.8 Å². The van der Waals surface area contributed by atoms with Gasteiger partial charge in [-0.2, -0.15) is 0 Å². The second-order valence-electron chi connectivity index (χ2n) is 4.29. The van der Waals surface area contributed by atoms with E-state index in [2.05, 4.69) is 36.7 Å². The molecule has 2 nitrogen and oxygen atoms in total. The Morgan fingerprint density at radius 2 is 2.00 bits per heavy atom. The van der Waals surface area contributed by atoms with Gasteiger partial charge in [0.15, 0.2) is 0 Å². The summed E-state index contributed by atoms with van der Waals surface area (Å²) in [5.74, 6) is 0.929. The van der Waals surface area contributed by atoms with Crippen molar-refractivity contribution in [3.8, 4) is 5.75 Å². The SMILES string of the molecule is CNCc1cc(COc2ccc(SC)cc2)c(C)s1. The summed E-state index contributed by atoms with van der Waals surface area (Å²) in [6.45, 7) is 3.72. The van der Waals surface area contributed by atoms with E-state index >= 15 is 0 Å². The van der Waals surface area contributed by atoms with Gasteiger partial charge in [-0.3, -0.25) is 0 Å². The van der Waals surface area contributed by atoms with Gasteiger partial charge < -0.3 is 10.1 Å². The van der Waals surface area contributed by atoms with Crippen LogP contribution in [0.1, 0.15) is 15.3 Å². The van der Waals surface area contributed by atoms with Crippen LogP contribution in [0.5, 0.6) is 5.75 Å². The third-order valence-corrected chi connectivity index (χ3v) is 4.71. The number of hydrogen-bond acceptors (Lipinski definition) is 4. The second kappa shape index (κ2) is 6.98. The zero-order chi connectivity index (χ0) is 13.7. The third kappa shape index (κ3) is 4.00. The molecule has 0 atom stereocenters. The van der Waals surface area contributed by atoms with Gasteiger partial charge in [0.05, 0.1) is 0 Å². The molecule has 2 aromatic rings. The highest BCUT2D eigenvalue weighted by Crippen LogP contribution is 2.24. The normalized spacial score (nSPS) is 10.7. The molecule has 0 saturated heterocycles. The van der Waals surface area contributed by atoms with Crippen LogP contribution in [0.3, 0.4) is 0 Å². The molecule has 1 N–H and O–H groups in total. The molecule has 0 aliphatic carbocycles. The molecule has 0 aliphatic rings. The fraction of sp³-hybridized carbons (Fsp3) is 0.333. The van der Waals surface area contributed by atoms with E-state index in [1.54, 1.807) is 11.8 Å². The lowest BCUT2D eigenvalue weighted by atomic mass is 10.2. The lowest BCUT2D eigenvalue weighted by molar-refractivity contribution is 0.306. The van der Waals surface area contributed by atoms with Crippen molar-refractivity contribution < 1.29 is 4.74 Å². The van der Waals surface area contributed by atoms with E-state index < -0.39 is 0 Å². The first kappa shape index (κ1) is 14.4. The van der Waals surface area contributed by atoms with E-state index in [4.69, 9.17) is 4.74 Å². The highest BCUT2D eigenvalue weighted by atomic mass is 32.2. The van der Waals surface area contributed by atoms with Crippen LogP contribution < -0.4 is 10.1 Å². The molecule has 0 aliphatic heterocycles. The zero-order valence-electron chi connectivity index (χ0n) is 11.5. The van der Waals surface area contributed by atoms with Crippen molar-refractivity contribution in [1.82, 2.24) is 5.32 Å². The largest absolute Gasteiger partial charge is 0.489 e. The molecule has 1 aromatic heterocycles. The van der Waals surface area contributed by atoms with Gasteiger partial charge in [0.1, 0.15) is 12.4 Å². The van der Waals surface area contributed by atoms with E-state index in [0.717, 1.165) is 12.3 Å². The number of rotatable bonds is 6. The first-order chi connectivity index (χ1) is 9.22. The van der Waals surface area contributed by atoms with Crippen molar-refractivity contribution in [3.63, 3.8) is 0 Å². The molecule has 2 rings (SSSR count). The minimum atomic E-state index is 0.644. The molecule has 102 valence electrons. The van der Waals surface area contributed by atoms with Gasteiger partial charge in [0.2, 0.25) is 0 Å². The summed E-state index contributed by atoms with van der Waals surface area (Å²) in [6.07, 6.45) is 2.08. The molecule has 1 heterocycles. The van der Waals surface area contributed by atoms with Gasteiger partial charge in [-0.1, -0.05) is 0 Å². The van der Waals surface area contributed by atoms with Crippen molar-refractivity contribution >= 4 is 23.1 Å². The van der Waals surface area contributed by atoms with Crippen LogP contribution >= 0.6 is 23.1 Å². The van der Waals surface area contributed by atoms with Crippen LogP contribution in [0.15, 0.2) is 35.2 Å². The maximum atomic E-state index is 5.84. The van der Waals surface area contributed by atoms with Gasteiger partial charge in [0.25, 0.3) is 0 Å². The number of nitrogens with one attached hydrogen (secondary N) is 1. The molecule has 0 bridgehead atoms. The Labute approximate surface area is 123 Å². The van der Waals surface area contributed by atoms with E-state index in [-0.39, 0.29) is 0 Å². The molecule has 0 unspecified atom stereocenters. The number of thiophene rings is 1. The molecule has 0 saturated carbocycles. The molecule has 19 heavy (non-hydrogen) atoms. The minimum absolute atomic E-state index is 0.644. The summed E-state index contributed by atoms with van der Waals surface area (Å²) in [7, 11) is 1.97. The van der Waals surface area contributed by atoms with Crippen molar-refractivity contribution in [2.24, 2.45) is 0 Å². The molecule has 4 heteroatoms. The lowest BCUT2D eigenvalue weighted by Crippen LogP contribution is -2.02. The molecule has 0 spiro atoms. The maximum absolute atomic E-state index is 5.84. The second-order valence-corrected chi connectivity index (χ2v) is 6.51. The fourth-order valence-corrected chi connectivity index (χ4v) is 3.29. The average molecular weight is 293 g/mol. The van der Waals surface area contributed by atoms with E-state index in [0.29, 0.717) is 6.61 Å². The summed E-state index contributed by atoms with van der Waals surface area (Å²) < 4.78 is 5.84. The van der Waals surface area contributed by atoms with Gasteiger partial charge in [-0.25, -0.2) is 0 Å². The number of aryl methyl sites for hydroxylation is 1. The summed E-state index contributed by atoms with van der Waals surface area (Å²) >= 11 is 3.58. The number of ether oxygens (including phenoxy) is 1. The predicted octanol–water partition coefficient (Wildman–Crippen LogP) is 4.08. The van der Waals surface area contributed by atoms with E-state index in [1.165, 1.54) is 20.2 Å². The monoisotopic (exact) mass is 293 g/mol. The number of benzene rings is 1. The summed E-state index contributed by atoms with van der Waals surface area (Å²) in [6, 6.07) is 10.5. The average Bonchev–Trinajstić information content (AvgIpc) is 2.78. The Morgan fingerprint density at radius 1 is 1.26 bits per heavy atom. The van der Waals surface area contributed by atoms with Crippen LogP contribution in [-0.4, -0.2) is 13.3 Å². The zero-order valence-corrected chi connectivity index (χ0v) is 13.2.